The van der Waals surface area contributed by atoms with Crippen LogP contribution in [0.3, 0.4) is 0 Å². The van der Waals surface area contributed by atoms with Gasteiger partial charge in [0, 0.05) is 31.4 Å². The Kier molecular flexibility index (Phi) is 12.7. The minimum atomic E-state index is -4.72. The number of quaternary nitrogens is 3. The normalized spacial score (nSPS) is 21.6. The van der Waals surface area contributed by atoms with E-state index in [1.807, 2.05) is 69.5 Å². The van der Waals surface area contributed by atoms with E-state index < -0.39 is 40.3 Å². The quantitative estimate of drug-likeness (QED) is 0.0135. The maximum absolute atomic E-state index is 13.2. The molecule has 0 N–H and O–H groups in total. The maximum atomic E-state index is 13.2. The van der Waals surface area contributed by atoms with Gasteiger partial charge in [-0.3, -0.25) is 23.1 Å². The van der Waals surface area contributed by atoms with E-state index in [9.17, 15) is 28.4 Å². The van der Waals surface area contributed by atoms with Gasteiger partial charge in [0.25, 0.3) is 23.5 Å². The van der Waals surface area contributed by atoms with Crippen LogP contribution in [0.4, 0.5) is 0 Å². The lowest BCUT2D eigenvalue weighted by atomic mass is 9.47. The zero-order chi connectivity index (χ0) is 65.1. The van der Waals surface area contributed by atoms with Gasteiger partial charge < -0.3 is 65.0 Å². The van der Waals surface area contributed by atoms with Gasteiger partial charge in [-0.05, 0) is 170 Å². The highest BCUT2D eigenvalue weighted by Gasteiger charge is 2.74. The van der Waals surface area contributed by atoms with Gasteiger partial charge in [-0.1, -0.05) is 60.7 Å². The summed E-state index contributed by atoms with van der Waals surface area (Å²) in [4.78, 5) is 41.7. The summed E-state index contributed by atoms with van der Waals surface area (Å²) in [6, 6.07) is 22.6. The van der Waals surface area contributed by atoms with Crippen LogP contribution in [0.15, 0.2) is 72.8 Å². The summed E-state index contributed by atoms with van der Waals surface area (Å²) in [7, 11) is 5.27. The molecule has 19 nitrogen and oxygen atoms in total. The Morgan fingerprint density at radius 2 is 0.819 bits per heavy atom. The Bertz CT molecular complexity index is 5620. The second kappa shape index (κ2) is 19.8. The van der Waals surface area contributed by atoms with Crippen LogP contribution in [0.1, 0.15) is 42.0 Å². The number of fused-ring (bicyclic) bond motifs is 3. The van der Waals surface area contributed by atoms with Gasteiger partial charge in [-0.15, -0.1) is 0 Å². The largest absolute Gasteiger partial charge is 0.756 e. The molecule has 0 bridgehead atoms. The Hall–Kier alpha value is -6.15. The van der Waals surface area contributed by atoms with Gasteiger partial charge in [-0.25, -0.2) is 0 Å². The van der Waals surface area contributed by atoms with Crippen LogP contribution in [0.25, 0.3) is 130 Å². The summed E-state index contributed by atoms with van der Waals surface area (Å²) in [5.41, 5.74) is 4.66. The van der Waals surface area contributed by atoms with Gasteiger partial charge in [0.15, 0.2) is 18.2 Å². The number of ether oxygens (including phenoxy) is 3. The van der Waals surface area contributed by atoms with Crippen molar-refractivity contribution in [3.8, 4) is 17.2 Å². The molecule has 2 spiro atoms. The fourth-order valence-electron chi connectivity index (χ4n) is 18.2. The number of allylic oxidation sites excluding steroid dienone is 2. The molecule has 5 aliphatic rings. The summed E-state index contributed by atoms with van der Waals surface area (Å²) < 4.78 is 93.2. The van der Waals surface area contributed by atoms with Gasteiger partial charge in [0.05, 0.1) is 120 Å². The molecule has 1 fully saturated rings. The molecule has 13 aromatic carbocycles. The van der Waals surface area contributed by atoms with Crippen molar-refractivity contribution in [1.82, 2.24) is 4.90 Å². The average Bonchev–Trinajstić information content (AvgIpc) is 1.42. The topological polar surface area (TPSA) is 207 Å². The minimum absolute atomic E-state index is 0.0141. The summed E-state index contributed by atoms with van der Waals surface area (Å²) >= 11 is 0. The molecule has 486 valence electrons. The van der Waals surface area contributed by atoms with Crippen LogP contribution in [0.2, 0.25) is 0 Å². The second-order valence-electron chi connectivity index (χ2n) is 30.1. The first-order valence-corrected chi connectivity index (χ1v) is 36.9. The lowest BCUT2D eigenvalue weighted by Crippen LogP contribution is -2.52. The van der Waals surface area contributed by atoms with Crippen LogP contribution < -0.4 is 39.3 Å². The first-order valence-electron chi connectivity index (χ1n) is 32.5. The molecule has 0 aromatic heterocycles. The number of phosphoric ester groups is 3. The smallest absolute Gasteiger partial charge is 0.272 e. The van der Waals surface area contributed by atoms with Crippen molar-refractivity contribution in [3.63, 3.8) is 0 Å². The maximum Gasteiger partial charge on any atom is 0.272 e. The highest BCUT2D eigenvalue weighted by molar-refractivity contribution is 7.46. The van der Waals surface area contributed by atoms with Crippen molar-refractivity contribution >= 4 is 153 Å². The van der Waals surface area contributed by atoms with Crippen LogP contribution >= 0.6 is 23.5 Å². The minimum Gasteiger partial charge on any atom is -0.756 e. The highest BCUT2D eigenvalue weighted by atomic mass is 31.2. The van der Waals surface area contributed by atoms with E-state index in [1.54, 1.807) is 0 Å². The van der Waals surface area contributed by atoms with Crippen molar-refractivity contribution in [2.75, 3.05) is 150 Å². The molecule has 6 unspecified atom stereocenters. The Morgan fingerprint density at radius 3 is 1.32 bits per heavy atom. The molecule has 6 atom stereocenters. The third-order valence-electron chi connectivity index (χ3n) is 21.3. The Balaban J connectivity index is 0.815. The molecule has 1 aliphatic heterocycles. The van der Waals surface area contributed by atoms with Crippen LogP contribution in [-0.4, -0.2) is 168 Å². The average molecular weight is 1330 g/mol. The molecule has 0 radical (unpaired) electrons. The van der Waals surface area contributed by atoms with Crippen molar-refractivity contribution in [3.05, 3.63) is 99.9 Å². The van der Waals surface area contributed by atoms with E-state index in [0.29, 0.717) is 34.3 Å². The predicted molar refractivity (Wildman–Crippen MR) is 362 cm³/mol. The predicted octanol–water partition coefficient (Wildman–Crippen LogP) is 9.84. The lowest BCUT2D eigenvalue weighted by Gasteiger charge is -2.52. The molecule has 1 saturated heterocycles. The van der Waals surface area contributed by atoms with Crippen molar-refractivity contribution < 1.29 is 83.2 Å². The zero-order valence-electron chi connectivity index (χ0n) is 54.4. The second-order valence-corrected chi connectivity index (χ2v) is 34.3. The third kappa shape index (κ3) is 8.01. The fourth-order valence-corrected chi connectivity index (χ4v) is 20.6. The molecular formula is C72H73N4O15P3. The number of likely N-dealkylation sites (N-methyl/N-ethyl adjacent to an activating group) is 3. The monoisotopic (exact) mass is 1330 g/mol. The first kappa shape index (κ1) is 60.3. The summed E-state index contributed by atoms with van der Waals surface area (Å²) in [6.45, 7) is 0.490. The molecule has 13 aromatic rings. The number of nitrogens with zero attached hydrogens (tertiary/aromatic N) is 4. The first-order chi connectivity index (χ1) is 44.7. The Labute approximate surface area is 541 Å². The number of benzene rings is 9. The fraction of sp³-hybridized carbons (Fsp3) is 0.389. The molecule has 18 rings (SSSR count). The molecule has 1 heterocycles. The molecule has 22 heteroatoms. The van der Waals surface area contributed by atoms with Crippen LogP contribution in [-0.2, 0) is 51.7 Å². The van der Waals surface area contributed by atoms with E-state index in [0.717, 1.165) is 5.56 Å². The molecular weight excluding hydrogens is 1250 g/mol. The van der Waals surface area contributed by atoms with Crippen LogP contribution in [0.5, 0.6) is 17.2 Å². The molecule has 0 amide bonds. The summed E-state index contributed by atoms with van der Waals surface area (Å²) in [5, 5.41) is 32.1. The molecule has 94 heavy (non-hydrogen) atoms. The van der Waals surface area contributed by atoms with Crippen molar-refractivity contribution in [1.29, 1.82) is 0 Å². The van der Waals surface area contributed by atoms with Gasteiger partial charge in [0.2, 0.25) is 5.75 Å². The zero-order valence-corrected chi connectivity index (χ0v) is 57.0. The van der Waals surface area contributed by atoms with E-state index in [-0.39, 0.29) is 94.8 Å². The third-order valence-corrected chi connectivity index (χ3v) is 24.2. The van der Waals surface area contributed by atoms with E-state index >= 15 is 0 Å². The summed E-state index contributed by atoms with van der Waals surface area (Å²) in [5.74, 6) is 0.847. The van der Waals surface area contributed by atoms with Crippen molar-refractivity contribution in [2.24, 2.45) is 0 Å². The number of hydrogen-bond donors (Lipinski definition) is 0. The highest BCUT2D eigenvalue weighted by Crippen LogP contribution is 2.79. The van der Waals surface area contributed by atoms with Crippen molar-refractivity contribution in [2.45, 2.75) is 36.1 Å². The Morgan fingerprint density at radius 1 is 0.426 bits per heavy atom. The standard InChI is InChI=1S/C72H73N4O15P3/c1-73-36-71-47-23-24-48-45-21-19-43-41-17-15-39-38-14-16-40-42-18-20-44(47)56-54(42)59-52(40)50(38)58-51(39)53(41)60-55(43)57(45)67(65-63(60)61(58)62(59)64(65)66(56)71)72(48,71)70(73)46-22-25-49(83-28-11-31-86-92(77,78)89-34-26-74(2,3)4)69(85-30-13-32-87-93(79,80)90-35-27-75(5,6)7)68(46)84-29-12-33-88-94(81,82)91-37-76(8,9)10/h14-25,70H,11-13,26-37H2,1-10H3. The van der Waals surface area contributed by atoms with E-state index in [1.165, 1.54) is 151 Å². The van der Waals surface area contributed by atoms with Crippen LogP contribution in [0, 0.1) is 0 Å². The molecule has 4 aliphatic carbocycles. The van der Waals surface area contributed by atoms with E-state index in [2.05, 4.69) is 78.7 Å². The van der Waals surface area contributed by atoms with Gasteiger partial charge >= 0.3 is 0 Å². The number of likely N-dealkylation sites (tertiary alicyclic amines) is 1. The lowest BCUT2D eigenvalue weighted by molar-refractivity contribution is -0.887. The van der Waals surface area contributed by atoms with Gasteiger partial charge in [-0.2, -0.15) is 0 Å². The van der Waals surface area contributed by atoms with E-state index in [4.69, 9.17) is 41.4 Å². The molecule has 0 saturated carbocycles. The number of phosphoric acid groups is 3. The SMILES string of the molecule is CN1CC23C4=c5ccc6c7ccc8c9ccc%10c%11ccc%12c%13c(c%14c%15c2c5c6c2c7c8c5c9c%10c(c%13%11)c%14c5c%152)C3(C=%12C=C4)C1c1ccc(OCCCOP(=O)([O-])OCC[N+](C)(C)C)c(OCCCOP(=O)([O-])OCC[N+](C)(C)C)c1OCCCOP(=O)([O-])OC[N+](C)(C)C. The number of hydrogen-bond acceptors (Lipinski definition) is 16. The van der Waals surface area contributed by atoms with Gasteiger partial charge in [0.1, 0.15) is 26.3 Å². The number of rotatable bonds is 30. The summed E-state index contributed by atoms with van der Waals surface area (Å²) in [6.07, 6.45) is 5.22.